The molecule has 0 aromatic heterocycles. The molecule has 1 rings (SSSR count). The van der Waals surface area contributed by atoms with Gasteiger partial charge in [0, 0.05) is 0 Å². The van der Waals surface area contributed by atoms with Crippen molar-refractivity contribution in [1.29, 1.82) is 0 Å². The molecular weight excluding hydrogens is 192 g/mol. The van der Waals surface area contributed by atoms with Crippen molar-refractivity contribution >= 4 is 25.8 Å². The van der Waals surface area contributed by atoms with E-state index in [1.165, 1.54) is 0 Å². The van der Waals surface area contributed by atoms with Crippen LogP contribution in [0.5, 0.6) is 0 Å². The van der Waals surface area contributed by atoms with Gasteiger partial charge in [0.05, 0.1) is 23.0 Å². The van der Waals surface area contributed by atoms with E-state index in [0.29, 0.717) is 0 Å². The van der Waals surface area contributed by atoms with Crippen LogP contribution < -0.4 is 0 Å². The maximum absolute atomic E-state index is 11.0. The van der Waals surface area contributed by atoms with Gasteiger partial charge in [0.2, 0.25) is 0 Å². The van der Waals surface area contributed by atoms with Crippen molar-refractivity contribution in [3.05, 3.63) is 0 Å². The Balaban J connectivity index is 2.96. The SMILES string of the molecule is C=S1(=O)CS(=O)(=O)OCCO1. The second kappa shape index (κ2) is 2.74. The zero-order chi connectivity index (χ0) is 8.54. The van der Waals surface area contributed by atoms with Crippen molar-refractivity contribution in [2.75, 3.05) is 18.3 Å². The van der Waals surface area contributed by atoms with Crippen LogP contribution >= 0.6 is 0 Å². The van der Waals surface area contributed by atoms with Gasteiger partial charge in [-0.15, -0.1) is 0 Å². The summed E-state index contributed by atoms with van der Waals surface area (Å²) in [5.41, 5.74) is 0. The third-order valence-corrected chi connectivity index (χ3v) is 4.68. The zero-order valence-electron chi connectivity index (χ0n) is 5.69. The van der Waals surface area contributed by atoms with Crippen LogP contribution in [0, 0.1) is 0 Å². The largest absolute Gasteiger partial charge is 0.295 e. The molecule has 0 amide bonds. The van der Waals surface area contributed by atoms with Crippen LogP contribution in [0.25, 0.3) is 0 Å². The monoisotopic (exact) mass is 200 g/mol. The van der Waals surface area contributed by atoms with E-state index in [2.05, 4.69) is 14.2 Å². The lowest BCUT2D eigenvalue weighted by molar-refractivity contribution is 0.244. The fourth-order valence-corrected chi connectivity index (χ4v) is 3.63. The molecule has 0 radical (unpaired) electrons. The third-order valence-electron chi connectivity index (χ3n) is 0.968. The Hall–Kier alpha value is -0.110. The first-order valence-electron chi connectivity index (χ1n) is 2.78. The second-order valence-corrected chi connectivity index (χ2v) is 6.08. The minimum absolute atomic E-state index is 0.00155. The lowest BCUT2D eigenvalue weighted by Crippen LogP contribution is -2.15. The zero-order valence-corrected chi connectivity index (χ0v) is 7.32. The molecular formula is C4H8O5S2. The summed E-state index contributed by atoms with van der Waals surface area (Å²) in [4.78, 5) is 0. The summed E-state index contributed by atoms with van der Waals surface area (Å²) in [5.74, 6) is 3.13. The Kier molecular flexibility index (Phi) is 2.24. The van der Waals surface area contributed by atoms with E-state index in [0.717, 1.165) is 0 Å². The molecule has 11 heavy (non-hydrogen) atoms. The van der Waals surface area contributed by atoms with Crippen LogP contribution in [0.3, 0.4) is 0 Å². The summed E-state index contributed by atoms with van der Waals surface area (Å²) in [6, 6.07) is 0. The Bertz CT molecular complexity index is 289. The van der Waals surface area contributed by atoms with Crippen molar-refractivity contribution in [2.24, 2.45) is 0 Å². The van der Waals surface area contributed by atoms with Crippen molar-refractivity contribution < 1.29 is 21.0 Å². The van der Waals surface area contributed by atoms with Gasteiger partial charge in [-0.2, -0.15) is 8.42 Å². The van der Waals surface area contributed by atoms with Crippen LogP contribution in [-0.4, -0.2) is 36.8 Å². The van der Waals surface area contributed by atoms with Crippen LogP contribution in [-0.2, 0) is 28.3 Å². The van der Waals surface area contributed by atoms with Gasteiger partial charge in [0.1, 0.15) is 0 Å². The molecule has 0 aromatic rings. The van der Waals surface area contributed by atoms with Gasteiger partial charge >= 0.3 is 0 Å². The molecule has 0 aromatic carbocycles. The van der Waals surface area contributed by atoms with E-state index in [9.17, 15) is 12.6 Å². The topological polar surface area (TPSA) is 69.7 Å². The van der Waals surface area contributed by atoms with Gasteiger partial charge in [-0.1, -0.05) is 0 Å². The molecule has 1 atom stereocenters. The predicted octanol–water partition coefficient (Wildman–Crippen LogP) is -1.05. The van der Waals surface area contributed by atoms with Crippen molar-refractivity contribution in [3.63, 3.8) is 0 Å². The minimum Gasteiger partial charge on any atom is -0.295 e. The predicted molar refractivity (Wildman–Crippen MR) is 41.0 cm³/mol. The molecule has 1 aliphatic heterocycles. The Morgan fingerprint density at radius 3 is 2.27 bits per heavy atom. The highest BCUT2D eigenvalue weighted by Gasteiger charge is 2.22. The first kappa shape index (κ1) is 8.98. The maximum atomic E-state index is 11.0. The molecule has 1 fully saturated rings. The average molecular weight is 200 g/mol. The van der Waals surface area contributed by atoms with Crippen molar-refractivity contribution in [3.8, 4) is 0 Å². The quantitative estimate of drug-likeness (QED) is 0.369. The molecule has 5 nitrogen and oxygen atoms in total. The van der Waals surface area contributed by atoms with Crippen LogP contribution in [0.1, 0.15) is 0 Å². The summed E-state index contributed by atoms with van der Waals surface area (Å²) in [5, 5.41) is -0.653. The molecule has 0 spiro atoms. The normalized spacial score (nSPS) is 37.8. The molecule has 66 valence electrons. The molecule has 0 saturated carbocycles. The van der Waals surface area contributed by atoms with E-state index in [1.807, 2.05) is 0 Å². The van der Waals surface area contributed by atoms with Crippen LogP contribution in [0.4, 0.5) is 0 Å². The Labute approximate surface area is 65.6 Å². The molecule has 1 aliphatic rings. The molecule has 1 heterocycles. The molecule has 7 heteroatoms. The minimum atomic E-state index is -3.69. The maximum Gasteiger partial charge on any atom is 0.281 e. The molecule has 0 bridgehead atoms. The van der Waals surface area contributed by atoms with Crippen molar-refractivity contribution in [1.82, 2.24) is 0 Å². The van der Waals surface area contributed by atoms with Crippen molar-refractivity contribution in [2.45, 2.75) is 0 Å². The fraction of sp³-hybridized carbons (Fsp3) is 0.750. The smallest absolute Gasteiger partial charge is 0.281 e. The van der Waals surface area contributed by atoms with Gasteiger partial charge in [-0.05, 0) is 5.87 Å². The number of hydrogen-bond acceptors (Lipinski definition) is 5. The fourth-order valence-electron chi connectivity index (χ4n) is 0.635. The highest BCUT2D eigenvalue weighted by Crippen LogP contribution is 2.06. The highest BCUT2D eigenvalue weighted by molar-refractivity contribution is 8.08. The van der Waals surface area contributed by atoms with E-state index in [4.69, 9.17) is 0 Å². The average Bonchev–Trinajstić information content (AvgIpc) is 1.86. The molecule has 1 saturated heterocycles. The summed E-state index contributed by atoms with van der Waals surface area (Å²) >= 11 is 0. The lowest BCUT2D eigenvalue weighted by Gasteiger charge is -2.01. The number of rotatable bonds is 0. The second-order valence-electron chi connectivity index (χ2n) is 2.06. The standard InChI is InChI=1S/C4H8O5S2/c1-10(5)4-11(6,7)9-3-2-8-10/h1-4H2. The van der Waals surface area contributed by atoms with Gasteiger partial charge < -0.3 is 0 Å². The third kappa shape index (κ3) is 2.78. The highest BCUT2D eigenvalue weighted by atomic mass is 32.3. The molecule has 0 aliphatic carbocycles. The van der Waals surface area contributed by atoms with Gasteiger partial charge in [-0.3, -0.25) is 8.37 Å². The van der Waals surface area contributed by atoms with Crippen LogP contribution in [0.2, 0.25) is 0 Å². The lowest BCUT2D eigenvalue weighted by atomic mass is 10.8. The van der Waals surface area contributed by atoms with Gasteiger partial charge in [0.15, 0.2) is 5.08 Å². The summed E-state index contributed by atoms with van der Waals surface area (Å²) in [6.45, 7) is -0.0869. The van der Waals surface area contributed by atoms with Gasteiger partial charge in [0.25, 0.3) is 10.1 Å². The summed E-state index contributed by atoms with van der Waals surface area (Å²) in [7, 11) is -6.63. The Morgan fingerprint density at radius 1 is 1.09 bits per heavy atom. The van der Waals surface area contributed by atoms with E-state index in [-0.39, 0.29) is 13.2 Å². The summed E-state index contributed by atoms with van der Waals surface area (Å²) < 4.78 is 41.6. The summed E-state index contributed by atoms with van der Waals surface area (Å²) in [6.07, 6.45) is 0. The van der Waals surface area contributed by atoms with E-state index < -0.39 is 25.0 Å². The first-order chi connectivity index (χ1) is 4.91. The molecule has 0 N–H and O–H groups in total. The van der Waals surface area contributed by atoms with E-state index >= 15 is 0 Å². The molecule has 1 unspecified atom stereocenters. The first-order valence-corrected chi connectivity index (χ1v) is 6.18. The Morgan fingerprint density at radius 2 is 1.64 bits per heavy atom. The van der Waals surface area contributed by atoms with Crippen LogP contribution in [0.15, 0.2) is 0 Å². The van der Waals surface area contributed by atoms with E-state index in [1.54, 1.807) is 0 Å². The number of hydrogen-bond donors (Lipinski definition) is 0. The van der Waals surface area contributed by atoms with Gasteiger partial charge in [-0.25, -0.2) is 4.21 Å².